The van der Waals surface area contributed by atoms with Crippen molar-refractivity contribution in [3.63, 3.8) is 0 Å². The SMILES string of the molecule is CC(C)N(c1ccccc1)S(=O)(=O)c1ncn(C(=O)N(C)C)n1. The van der Waals surface area contributed by atoms with Crippen molar-refractivity contribution in [2.75, 3.05) is 18.4 Å². The lowest BCUT2D eigenvalue weighted by Crippen LogP contribution is -2.37. The molecular formula is C14H19N5O3S. The van der Waals surface area contributed by atoms with E-state index in [2.05, 4.69) is 10.1 Å². The molecule has 1 aromatic carbocycles. The molecule has 1 heterocycles. The van der Waals surface area contributed by atoms with E-state index in [1.807, 2.05) is 0 Å². The molecule has 0 radical (unpaired) electrons. The smallest absolute Gasteiger partial charge is 0.329 e. The van der Waals surface area contributed by atoms with E-state index in [1.54, 1.807) is 58.3 Å². The normalized spacial score (nSPS) is 11.5. The number of hydrogen-bond donors (Lipinski definition) is 0. The summed E-state index contributed by atoms with van der Waals surface area (Å²) in [5.41, 5.74) is 0.512. The van der Waals surface area contributed by atoms with Crippen LogP contribution in [0.15, 0.2) is 41.8 Å². The van der Waals surface area contributed by atoms with Crippen molar-refractivity contribution in [2.24, 2.45) is 0 Å². The highest BCUT2D eigenvalue weighted by Gasteiger charge is 2.31. The molecule has 0 spiro atoms. The number of amides is 1. The average molecular weight is 337 g/mol. The van der Waals surface area contributed by atoms with E-state index >= 15 is 0 Å². The van der Waals surface area contributed by atoms with Crippen molar-refractivity contribution in [2.45, 2.75) is 25.0 Å². The predicted octanol–water partition coefficient (Wildman–Crippen LogP) is 1.41. The van der Waals surface area contributed by atoms with Gasteiger partial charge in [-0.2, -0.15) is 13.1 Å². The first kappa shape index (κ1) is 16.9. The number of benzene rings is 1. The first-order valence-electron chi connectivity index (χ1n) is 6.98. The summed E-state index contributed by atoms with van der Waals surface area (Å²) < 4.78 is 27.8. The molecule has 8 nitrogen and oxygen atoms in total. The van der Waals surface area contributed by atoms with Crippen LogP contribution in [0.4, 0.5) is 10.5 Å². The van der Waals surface area contributed by atoms with Crippen molar-refractivity contribution in [3.05, 3.63) is 36.7 Å². The number of anilines is 1. The summed E-state index contributed by atoms with van der Waals surface area (Å²) in [5, 5.41) is 3.40. The average Bonchev–Trinajstić information content (AvgIpc) is 2.97. The van der Waals surface area contributed by atoms with Crippen molar-refractivity contribution in [1.82, 2.24) is 19.7 Å². The van der Waals surface area contributed by atoms with Gasteiger partial charge in [0.1, 0.15) is 6.33 Å². The van der Waals surface area contributed by atoms with Gasteiger partial charge < -0.3 is 4.90 Å². The van der Waals surface area contributed by atoms with Crippen molar-refractivity contribution >= 4 is 21.7 Å². The lowest BCUT2D eigenvalue weighted by molar-refractivity contribution is 0.215. The largest absolute Gasteiger partial charge is 0.345 e. The van der Waals surface area contributed by atoms with Crippen LogP contribution in [0.5, 0.6) is 0 Å². The topological polar surface area (TPSA) is 88.4 Å². The second-order valence-electron chi connectivity index (χ2n) is 5.38. The summed E-state index contributed by atoms with van der Waals surface area (Å²) >= 11 is 0. The maximum Gasteiger partial charge on any atom is 0.345 e. The van der Waals surface area contributed by atoms with Crippen LogP contribution in [0.1, 0.15) is 13.8 Å². The molecule has 0 aliphatic heterocycles. The number of rotatable bonds is 4. The molecular weight excluding hydrogens is 318 g/mol. The van der Waals surface area contributed by atoms with Gasteiger partial charge in [-0.25, -0.2) is 9.78 Å². The summed E-state index contributed by atoms with van der Waals surface area (Å²) in [6.45, 7) is 3.51. The van der Waals surface area contributed by atoms with Crippen LogP contribution in [0, 0.1) is 0 Å². The summed E-state index contributed by atoms with van der Waals surface area (Å²) in [4.78, 5) is 16.9. The van der Waals surface area contributed by atoms with Gasteiger partial charge in [0.2, 0.25) is 0 Å². The Kier molecular flexibility index (Phi) is 4.69. The van der Waals surface area contributed by atoms with Gasteiger partial charge >= 0.3 is 16.1 Å². The van der Waals surface area contributed by atoms with Gasteiger partial charge in [0.15, 0.2) is 0 Å². The minimum absolute atomic E-state index is 0.334. The van der Waals surface area contributed by atoms with E-state index in [1.165, 1.54) is 9.21 Å². The van der Waals surface area contributed by atoms with Gasteiger partial charge in [0.25, 0.3) is 5.16 Å². The number of aromatic nitrogens is 3. The third kappa shape index (κ3) is 3.34. The molecule has 0 saturated heterocycles. The molecule has 1 amide bonds. The number of hydrogen-bond acceptors (Lipinski definition) is 5. The summed E-state index contributed by atoms with van der Waals surface area (Å²) in [6.07, 6.45) is 1.10. The quantitative estimate of drug-likeness (QED) is 0.842. The molecule has 0 unspecified atom stereocenters. The molecule has 0 saturated carbocycles. The van der Waals surface area contributed by atoms with Gasteiger partial charge in [0.05, 0.1) is 5.69 Å². The maximum absolute atomic E-state index is 12.8. The van der Waals surface area contributed by atoms with E-state index in [4.69, 9.17) is 0 Å². The van der Waals surface area contributed by atoms with Gasteiger partial charge in [-0.3, -0.25) is 4.31 Å². The maximum atomic E-state index is 12.8. The van der Waals surface area contributed by atoms with Crippen LogP contribution in [0.3, 0.4) is 0 Å². The van der Waals surface area contributed by atoms with Gasteiger partial charge in [-0.05, 0) is 26.0 Å². The Bertz CT molecular complexity index is 784. The highest BCUT2D eigenvalue weighted by atomic mass is 32.2. The van der Waals surface area contributed by atoms with E-state index < -0.39 is 21.2 Å². The number of sulfonamides is 1. The van der Waals surface area contributed by atoms with Crippen molar-refractivity contribution in [1.29, 1.82) is 0 Å². The van der Waals surface area contributed by atoms with Crippen LogP contribution in [-0.2, 0) is 10.0 Å². The number of nitrogens with zero attached hydrogens (tertiary/aromatic N) is 5. The van der Waals surface area contributed by atoms with Crippen molar-refractivity contribution < 1.29 is 13.2 Å². The summed E-state index contributed by atoms with van der Waals surface area (Å²) in [6, 6.07) is 7.88. The monoisotopic (exact) mass is 337 g/mol. The lowest BCUT2D eigenvalue weighted by Gasteiger charge is -2.26. The minimum Gasteiger partial charge on any atom is -0.329 e. The third-order valence-electron chi connectivity index (χ3n) is 3.02. The number of carbonyl (C=O) groups excluding carboxylic acids is 1. The predicted molar refractivity (Wildman–Crippen MR) is 85.7 cm³/mol. The van der Waals surface area contributed by atoms with Crippen molar-refractivity contribution in [3.8, 4) is 0 Å². The van der Waals surface area contributed by atoms with Crippen LogP contribution in [-0.4, -0.2) is 54.3 Å². The standard InChI is InChI=1S/C14H19N5O3S/c1-11(2)19(12-8-6-5-7-9-12)23(21,22)13-15-10-18(16-13)14(20)17(3)4/h5-11H,1-4H3. The molecule has 0 fully saturated rings. The Morgan fingerprint density at radius 1 is 1.17 bits per heavy atom. The zero-order chi connectivity index (χ0) is 17.2. The molecule has 0 aliphatic rings. The van der Waals surface area contributed by atoms with E-state index in [-0.39, 0.29) is 6.04 Å². The first-order valence-corrected chi connectivity index (χ1v) is 8.42. The second kappa shape index (κ2) is 6.37. The fraction of sp³-hybridized carbons (Fsp3) is 0.357. The van der Waals surface area contributed by atoms with Crippen LogP contribution in [0.2, 0.25) is 0 Å². The molecule has 9 heteroatoms. The molecule has 1 aromatic heterocycles. The Hall–Kier alpha value is -2.42. The highest BCUT2D eigenvalue weighted by Crippen LogP contribution is 2.23. The molecule has 0 N–H and O–H groups in total. The highest BCUT2D eigenvalue weighted by molar-refractivity contribution is 7.92. The minimum atomic E-state index is -3.97. The molecule has 23 heavy (non-hydrogen) atoms. The van der Waals surface area contributed by atoms with E-state index in [0.717, 1.165) is 11.0 Å². The first-order chi connectivity index (χ1) is 10.7. The third-order valence-corrected chi connectivity index (χ3v) is 4.82. The zero-order valence-electron chi connectivity index (χ0n) is 13.4. The Morgan fingerprint density at radius 2 is 1.78 bits per heavy atom. The fourth-order valence-corrected chi connectivity index (χ4v) is 3.54. The fourth-order valence-electron chi connectivity index (χ4n) is 2.04. The Balaban J connectivity index is 2.46. The summed E-state index contributed by atoms with van der Waals surface area (Å²) in [5.74, 6) is 0. The molecule has 0 atom stereocenters. The molecule has 0 aliphatic carbocycles. The second-order valence-corrected chi connectivity index (χ2v) is 7.09. The van der Waals surface area contributed by atoms with Gasteiger partial charge in [0, 0.05) is 20.1 Å². The van der Waals surface area contributed by atoms with Gasteiger partial charge in [-0.1, -0.05) is 18.2 Å². The Morgan fingerprint density at radius 3 is 2.30 bits per heavy atom. The molecule has 2 aromatic rings. The van der Waals surface area contributed by atoms with E-state index in [0.29, 0.717) is 5.69 Å². The van der Waals surface area contributed by atoms with Crippen LogP contribution < -0.4 is 4.31 Å². The number of para-hydroxylation sites is 1. The Labute approximate surface area is 135 Å². The molecule has 124 valence electrons. The van der Waals surface area contributed by atoms with Gasteiger partial charge in [-0.15, -0.1) is 5.10 Å². The van der Waals surface area contributed by atoms with E-state index in [9.17, 15) is 13.2 Å². The lowest BCUT2D eigenvalue weighted by atomic mass is 10.3. The summed E-state index contributed by atoms with van der Waals surface area (Å²) in [7, 11) is -0.884. The zero-order valence-corrected chi connectivity index (χ0v) is 14.2. The van der Waals surface area contributed by atoms with Crippen LogP contribution in [0.25, 0.3) is 0 Å². The molecule has 2 rings (SSSR count). The number of carbonyl (C=O) groups is 1. The molecule has 0 bridgehead atoms. The van der Waals surface area contributed by atoms with Crippen LogP contribution >= 0.6 is 0 Å².